The molecule has 2 N–H and O–H groups in total. The van der Waals surface area contributed by atoms with Crippen molar-refractivity contribution in [3.63, 3.8) is 0 Å². The second-order valence-electron chi connectivity index (χ2n) is 5.63. The van der Waals surface area contributed by atoms with Crippen LogP contribution in [0.1, 0.15) is 37.6 Å². The Morgan fingerprint density at radius 2 is 1.95 bits per heavy atom. The molecule has 5 nitrogen and oxygen atoms in total. The van der Waals surface area contributed by atoms with E-state index in [4.69, 9.17) is 9.88 Å². The summed E-state index contributed by atoms with van der Waals surface area (Å²) >= 11 is 3.19. The minimum atomic E-state index is -3.85. The molecule has 112 valence electrons. The summed E-state index contributed by atoms with van der Waals surface area (Å²) in [6, 6.07) is 3.99. The van der Waals surface area contributed by atoms with Crippen molar-refractivity contribution in [3.05, 3.63) is 28.2 Å². The first kappa shape index (κ1) is 17.1. The summed E-state index contributed by atoms with van der Waals surface area (Å²) in [5.41, 5.74) is 0.199. The van der Waals surface area contributed by atoms with Crippen LogP contribution < -0.4 is 5.14 Å². The van der Waals surface area contributed by atoms with Gasteiger partial charge in [0.2, 0.25) is 10.0 Å². The van der Waals surface area contributed by atoms with E-state index in [-0.39, 0.29) is 22.5 Å². The molecule has 7 heteroatoms. The standard InChI is InChI=1S/C13H18BrNO4S/c1-13(2,3)6-7-19-12(16)10-8-9(20(15,17)18)4-5-11(10)14/h4-5,8H,6-7H2,1-3H3,(H2,15,17,18). The van der Waals surface area contributed by atoms with Gasteiger partial charge in [0.05, 0.1) is 17.1 Å². The molecule has 0 radical (unpaired) electrons. The van der Waals surface area contributed by atoms with E-state index in [2.05, 4.69) is 15.9 Å². The minimum Gasteiger partial charge on any atom is -0.462 e. The number of carbonyl (C=O) groups excluding carboxylic acids is 1. The van der Waals surface area contributed by atoms with Crippen LogP contribution in [0, 0.1) is 5.41 Å². The molecule has 0 spiro atoms. The largest absolute Gasteiger partial charge is 0.462 e. The van der Waals surface area contributed by atoms with E-state index >= 15 is 0 Å². The van der Waals surface area contributed by atoms with Crippen LogP contribution in [0.3, 0.4) is 0 Å². The number of rotatable bonds is 4. The van der Waals surface area contributed by atoms with Crippen LogP contribution in [0.25, 0.3) is 0 Å². The van der Waals surface area contributed by atoms with Gasteiger partial charge in [-0.3, -0.25) is 0 Å². The topological polar surface area (TPSA) is 86.5 Å². The number of hydrogen-bond acceptors (Lipinski definition) is 4. The number of halogens is 1. The monoisotopic (exact) mass is 363 g/mol. The van der Waals surface area contributed by atoms with E-state index in [1.165, 1.54) is 18.2 Å². The lowest BCUT2D eigenvalue weighted by Crippen LogP contribution is -2.16. The Labute approximate surface area is 127 Å². The molecule has 0 saturated heterocycles. The minimum absolute atomic E-state index is 0.0555. The maximum atomic E-state index is 11.9. The fraction of sp³-hybridized carbons (Fsp3) is 0.462. The molecule has 0 amide bonds. The molecule has 0 aliphatic heterocycles. The number of sulfonamides is 1. The second-order valence-corrected chi connectivity index (χ2v) is 8.05. The van der Waals surface area contributed by atoms with Gasteiger partial charge in [-0.05, 0) is 46.0 Å². The highest BCUT2D eigenvalue weighted by Gasteiger charge is 2.18. The number of primary sulfonamides is 1. The third kappa shape index (κ3) is 5.22. The summed E-state index contributed by atoms with van der Waals surface area (Å²) in [4.78, 5) is 11.8. The van der Waals surface area contributed by atoms with Crippen molar-refractivity contribution >= 4 is 31.9 Å². The highest BCUT2D eigenvalue weighted by molar-refractivity contribution is 9.10. The Morgan fingerprint density at radius 3 is 2.45 bits per heavy atom. The number of esters is 1. The van der Waals surface area contributed by atoms with Gasteiger partial charge in [-0.15, -0.1) is 0 Å². The average molecular weight is 364 g/mol. The Bertz CT molecular complexity index is 605. The van der Waals surface area contributed by atoms with Crippen LogP contribution in [0.15, 0.2) is 27.6 Å². The van der Waals surface area contributed by atoms with Crippen LogP contribution in [0.4, 0.5) is 0 Å². The van der Waals surface area contributed by atoms with Crippen molar-refractivity contribution in [2.24, 2.45) is 10.6 Å². The highest BCUT2D eigenvalue weighted by Crippen LogP contribution is 2.22. The Hall–Kier alpha value is -0.920. The van der Waals surface area contributed by atoms with Gasteiger partial charge in [-0.1, -0.05) is 20.8 Å². The summed E-state index contributed by atoms with van der Waals surface area (Å²) < 4.78 is 28.2. The van der Waals surface area contributed by atoms with Gasteiger partial charge in [-0.25, -0.2) is 18.4 Å². The van der Waals surface area contributed by atoms with Gasteiger partial charge in [0.1, 0.15) is 0 Å². The van der Waals surface area contributed by atoms with Gasteiger partial charge in [0.25, 0.3) is 0 Å². The van der Waals surface area contributed by atoms with Crippen molar-refractivity contribution in [2.75, 3.05) is 6.61 Å². The maximum Gasteiger partial charge on any atom is 0.339 e. The number of carbonyl (C=O) groups is 1. The first-order valence-corrected chi connectivity index (χ1v) is 8.34. The summed E-state index contributed by atoms with van der Waals surface area (Å²) in [7, 11) is -3.85. The van der Waals surface area contributed by atoms with E-state index in [0.717, 1.165) is 0 Å². The zero-order valence-electron chi connectivity index (χ0n) is 11.6. The molecular formula is C13H18BrNO4S. The quantitative estimate of drug-likeness (QED) is 0.833. The van der Waals surface area contributed by atoms with Gasteiger partial charge < -0.3 is 4.74 Å². The molecule has 20 heavy (non-hydrogen) atoms. The molecule has 0 bridgehead atoms. The highest BCUT2D eigenvalue weighted by atomic mass is 79.9. The van der Waals surface area contributed by atoms with Gasteiger partial charge >= 0.3 is 5.97 Å². The van der Waals surface area contributed by atoms with E-state index in [0.29, 0.717) is 10.9 Å². The Balaban J connectivity index is 2.88. The lowest BCUT2D eigenvalue weighted by atomic mass is 9.93. The normalized spacial score (nSPS) is 12.2. The molecule has 1 aromatic rings. The number of benzene rings is 1. The predicted molar refractivity (Wildman–Crippen MR) is 79.9 cm³/mol. The molecule has 0 heterocycles. The van der Waals surface area contributed by atoms with Crippen LogP contribution in [-0.2, 0) is 14.8 Å². The number of nitrogens with two attached hydrogens (primary N) is 1. The van der Waals surface area contributed by atoms with E-state index < -0.39 is 16.0 Å². The summed E-state index contributed by atoms with van der Waals surface area (Å²) in [6.45, 7) is 6.39. The molecule has 0 aliphatic carbocycles. The average Bonchev–Trinajstić information content (AvgIpc) is 2.25. The van der Waals surface area contributed by atoms with Crippen molar-refractivity contribution in [1.82, 2.24) is 0 Å². The third-order valence-electron chi connectivity index (χ3n) is 2.57. The maximum absolute atomic E-state index is 11.9. The first-order chi connectivity index (χ1) is 9.00. The molecular weight excluding hydrogens is 346 g/mol. The zero-order valence-corrected chi connectivity index (χ0v) is 14.0. The Morgan fingerprint density at radius 1 is 1.35 bits per heavy atom. The molecule has 0 fully saturated rings. The zero-order chi connectivity index (χ0) is 15.6. The van der Waals surface area contributed by atoms with Gasteiger partial charge in [-0.2, -0.15) is 0 Å². The van der Waals surface area contributed by atoms with E-state index in [9.17, 15) is 13.2 Å². The van der Waals surface area contributed by atoms with Crippen molar-refractivity contribution < 1.29 is 17.9 Å². The fourth-order valence-corrected chi connectivity index (χ4v) is 2.31. The lowest BCUT2D eigenvalue weighted by Gasteiger charge is -2.17. The molecule has 1 rings (SSSR count). The predicted octanol–water partition coefficient (Wildman–Crippen LogP) is 2.69. The lowest BCUT2D eigenvalue weighted by molar-refractivity contribution is 0.0463. The molecule has 0 aromatic heterocycles. The first-order valence-electron chi connectivity index (χ1n) is 6.00. The summed E-state index contributed by atoms with van der Waals surface area (Å²) in [5, 5.41) is 5.04. The fourth-order valence-electron chi connectivity index (χ4n) is 1.37. The Kier molecular flexibility index (Phi) is 5.34. The molecule has 1 aromatic carbocycles. The van der Waals surface area contributed by atoms with Crippen molar-refractivity contribution in [3.8, 4) is 0 Å². The van der Waals surface area contributed by atoms with Crippen LogP contribution in [0.2, 0.25) is 0 Å². The van der Waals surface area contributed by atoms with E-state index in [1.807, 2.05) is 20.8 Å². The molecule has 0 saturated carbocycles. The molecule has 0 aliphatic rings. The number of hydrogen-bond donors (Lipinski definition) is 1. The van der Waals surface area contributed by atoms with Gasteiger partial charge in [0.15, 0.2) is 0 Å². The molecule has 0 unspecified atom stereocenters. The number of ether oxygens (including phenoxy) is 1. The van der Waals surface area contributed by atoms with Crippen LogP contribution >= 0.6 is 15.9 Å². The molecule has 0 atom stereocenters. The summed E-state index contributed by atoms with van der Waals surface area (Å²) in [6.07, 6.45) is 0.714. The van der Waals surface area contributed by atoms with Crippen molar-refractivity contribution in [1.29, 1.82) is 0 Å². The third-order valence-corrected chi connectivity index (χ3v) is 4.17. The SMILES string of the molecule is CC(C)(C)CCOC(=O)c1cc(S(N)(=O)=O)ccc1Br. The van der Waals surface area contributed by atoms with Crippen LogP contribution in [0.5, 0.6) is 0 Å². The summed E-state index contributed by atoms with van der Waals surface area (Å²) in [5.74, 6) is -0.577. The van der Waals surface area contributed by atoms with Crippen LogP contribution in [-0.4, -0.2) is 21.0 Å². The smallest absolute Gasteiger partial charge is 0.339 e. The van der Waals surface area contributed by atoms with Crippen molar-refractivity contribution in [2.45, 2.75) is 32.1 Å². The van der Waals surface area contributed by atoms with E-state index in [1.54, 1.807) is 0 Å². The second kappa shape index (κ2) is 6.24. The van der Waals surface area contributed by atoms with Gasteiger partial charge in [0, 0.05) is 4.47 Å².